The molecule has 0 saturated heterocycles. The third kappa shape index (κ3) is 4.16. The second-order valence-electron chi connectivity index (χ2n) is 10.4. The monoisotopic (exact) mass is 499 g/mol. The van der Waals surface area contributed by atoms with Crippen molar-refractivity contribution in [1.29, 1.82) is 0 Å². The normalized spacial score (nSPS) is 14.1. The average Bonchev–Trinajstić information content (AvgIpc) is 3.38. The second-order valence-corrected chi connectivity index (χ2v) is 10.4. The fraction of sp³-hybridized carbons (Fsp3) is 0.152. The first-order valence-corrected chi connectivity index (χ1v) is 13.0. The minimum absolute atomic E-state index is 0.0870. The van der Waals surface area contributed by atoms with Crippen LogP contribution >= 0.6 is 0 Å². The van der Waals surface area contributed by atoms with Gasteiger partial charge in [-0.3, -0.25) is 4.58 Å². The minimum Gasteiger partial charge on any atom is -0.310 e. The minimum atomic E-state index is -0.0870. The highest BCUT2D eigenvalue weighted by atomic mass is 15.3. The van der Waals surface area contributed by atoms with Gasteiger partial charge in [0, 0.05) is 23.4 Å². The SMILES string of the molecule is C[N+]1=CN(c2cccc(N(c3ccccc3)c3cccc(-n4cc[n+](C)c4)c3)c2)c2ccccc2C1(C)C. The highest BCUT2D eigenvalue weighted by molar-refractivity contribution is 5.91. The highest BCUT2D eigenvalue weighted by Gasteiger charge is 2.37. The van der Waals surface area contributed by atoms with Crippen molar-refractivity contribution in [2.75, 3.05) is 16.8 Å². The summed E-state index contributed by atoms with van der Waals surface area (Å²) in [5.41, 5.74) is 7.97. The van der Waals surface area contributed by atoms with E-state index in [0.717, 1.165) is 28.4 Å². The van der Waals surface area contributed by atoms with Crippen LogP contribution in [0.2, 0.25) is 0 Å². The molecule has 0 fully saturated rings. The predicted molar refractivity (Wildman–Crippen MR) is 155 cm³/mol. The Balaban J connectivity index is 1.48. The third-order valence-corrected chi connectivity index (χ3v) is 7.53. The van der Waals surface area contributed by atoms with Crippen LogP contribution in [0.25, 0.3) is 5.69 Å². The van der Waals surface area contributed by atoms with Gasteiger partial charge in [-0.25, -0.2) is 9.13 Å². The summed E-state index contributed by atoms with van der Waals surface area (Å²) in [5.74, 6) is 0. The number of anilines is 5. The number of aryl methyl sites for hydroxylation is 1. The van der Waals surface area contributed by atoms with Crippen LogP contribution in [0.15, 0.2) is 122 Å². The lowest BCUT2D eigenvalue weighted by molar-refractivity contribution is -0.670. The van der Waals surface area contributed by atoms with E-state index in [4.69, 9.17) is 0 Å². The molecule has 1 aliphatic rings. The summed E-state index contributed by atoms with van der Waals surface area (Å²) in [6.07, 6.45) is 8.42. The fourth-order valence-corrected chi connectivity index (χ4v) is 5.18. The number of para-hydroxylation sites is 2. The summed E-state index contributed by atoms with van der Waals surface area (Å²) < 4.78 is 6.48. The summed E-state index contributed by atoms with van der Waals surface area (Å²) in [6, 6.07) is 36.7. The Morgan fingerprint density at radius 1 is 0.684 bits per heavy atom. The number of hydrogen-bond donors (Lipinski definition) is 0. The van der Waals surface area contributed by atoms with Gasteiger partial charge in [0.15, 0.2) is 0 Å². The molecule has 0 aliphatic carbocycles. The average molecular weight is 500 g/mol. The molecule has 0 saturated carbocycles. The van der Waals surface area contributed by atoms with Gasteiger partial charge < -0.3 is 4.90 Å². The number of benzene rings is 4. The van der Waals surface area contributed by atoms with E-state index in [9.17, 15) is 0 Å². The number of aromatic nitrogens is 2. The van der Waals surface area contributed by atoms with E-state index >= 15 is 0 Å². The Hall–Kier alpha value is -4.64. The van der Waals surface area contributed by atoms with Gasteiger partial charge in [0.25, 0.3) is 0 Å². The van der Waals surface area contributed by atoms with E-state index in [1.165, 1.54) is 11.3 Å². The van der Waals surface area contributed by atoms with E-state index in [1.807, 2.05) is 7.05 Å². The Labute approximate surface area is 224 Å². The van der Waals surface area contributed by atoms with Crippen molar-refractivity contribution in [3.63, 3.8) is 0 Å². The van der Waals surface area contributed by atoms with Crippen LogP contribution in [-0.4, -0.2) is 22.5 Å². The van der Waals surface area contributed by atoms with Gasteiger partial charge in [0.1, 0.15) is 35.0 Å². The first kappa shape index (κ1) is 23.7. The molecule has 0 atom stereocenters. The standard InChI is InChI=1S/C33H33N5/c1-33(2)31-18-8-9-19-32(31)37(25-35(33)4)28-15-11-17-30(23-28)38(26-12-6-5-7-13-26)29-16-10-14-27(22-29)36-21-20-34(3)24-36/h5-25H,1-4H3/q+2. The molecule has 0 N–H and O–H groups in total. The topological polar surface area (TPSA) is 18.3 Å². The molecular formula is C33H33N5+2. The zero-order valence-corrected chi connectivity index (χ0v) is 22.4. The number of fused-ring (bicyclic) bond motifs is 1. The van der Waals surface area contributed by atoms with Gasteiger partial charge in [-0.05, 0) is 56.3 Å². The first-order valence-electron chi connectivity index (χ1n) is 13.0. The first-order chi connectivity index (χ1) is 18.4. The maximum atomic E-state index is 2.32. The Kier molecular flexibility index (Phi) is 5.84. The van der Waals surface area contributed by atoms with Gasteiger partial charge in [-0.1, -0.05) is 48.5 Å². The molecular weight excluding hydrogens is 466 g/mol. The Bertz CT molecular complexity index is 1630. The number of imidazole rings is 1. The fourth-order valence-electron chi connectivity index (χ4n) is 5.18. The van der Waals surface area contributed by atoms with Crippen molar-refractivity contribution >= 4 is 34.8 Å². The highest BCUT2D eigenvalue weighted by Crippen LogP contribution is 2.41. The van der Waals surface area contributed by atoms with Crippen LogP contribution in [0.5, 0.6) is 0 Å². The van der Waals surface area contributed by atoms with Crippen LogP contribution < -0.4 is 14.4 Å². The summed E-state index contributed by atoms with van der Waals surface area (Å²) in [4.78, 5) is 4.61. The summed E-state index contributed by atoms with van der Waals surface area (Å²) in [6.45, 7) is 4.54. The smallest absolute Gasteiger partial charge is 0.248 e. The molecule has 4 aromatic carbocycles. The third-order valence-electron chi connectivity index (χ3n) is 7.53. The lowest BCUT2D eigenvalue weighted by atomic mass is 9.90. The van der Waals surface area contributed by atoms with E-state index in [0.29, 0.717) is 0 Å². The van der Waals surface area contributed by atoms with Crippen molar-refractivity contribution in [3.8, 4) is 5.69 Å². The predicted octanol–water partition coefficient (Wildman–Crippen LogP) is 6.83. The maximum Gasteiger partial charge on any atom is 0.248 e. The van der Waals surface area contributed by atoms with Gasteiger partial charge in [-0.15, -0.1) is 0 Å². The molecule has 5 heteroatoms. The van der Waals surface area contributed by atoms with Gasteiger partial charge in [-0.2, -0.15) is 4.90 Å². The van der Waals surface area contributed by atoms with Crippen LogP contribution in [-0.2, 0) is 12.6 Å². The summed E-state index contributed by atoms with van der Waals surface area (Å²) >= 11 is 0. The second kappa shape index (κ2) is 9.34. The van der Waals surface area contributed by atoms with Crippen molar-refractivity contribution < 1.29 is 9.14 Å². The van der Waals surface area contributed by atoms with Gasteiger partial charge in [0.2, 0.25) is 12.7 Å². The molecule has 38 heavy (non-hydrogen) atoms. The lowest BCUT2D eigenvalue weighted by Crippen LogP contribution is -2.41. The summed E-state index contributed by atoms with van der Waals surface area (Å²) in [7, 11) is 4.19. The number of hydrogen-bond acceptors (Lipinski definition) is 2. The molecule has 5 nitrogen and oxygen atoms in total. The zero-order valence-electron chi connectivity index (χ0n) is 22.4. The molecule has 188 valence electrons. The molecule has 0 amide bonds. The molecule has 0 unspecified atom stereocenters. The van der Waals surface area contributed by atoms with Crippen molar-refractivity contribution in [2.45, 2.75) is 19.4 Å². The van der Waals surface area contributed by atoms with Crippen LogP contribution in [0.3, 0.4) is 0 Å². The van der Waals surface area contributed by atoms with Crippen LogP contribution in [0.4, 0.5) is 28.4 Å². The molecule has 0 bridgehead atoms. The van der Waals surface area contributed by atoms with Gasteiger partial charge in [0.05, 0.1) is 25.5 Å². The van der Waals surface area contributed by atoms with Gasteiger partial charge >= 0.3 is 0 Å². The van der Waals surface area contributed by atoms with E-state index in [2.05, 4.69) is 173 Å². The van der Waals surface area contributed by atoms with E-state index in [-0.39, 0.29) is 5.54 Å². The van der Waals surface area contributed by atoms with Crippen LogP contribution in [0, 0.1) is 0 Å². The Morgan fingerprint density at radius 3 is 2.03 bits per heavy atom. The number of nitrogens with zero attached hydrogens (tertiary/aromatic N) is 5. The van der Waals surface area contributed by atoms with Crippen LogP contribution in [0.1, 0.15) is 19.4 Å². The molecule has 2 heterocycles. The lowest BCUT2D eigenvalue weighted by Gasteiger charge is -2.33. The van der Waals surface area contributed by atoms with Crippen molar-refractivity contribution in [3.05, 3.63) is 127 Å². The quantitative estimate of drug-likeness (QED) is 0.247. The maximum absolute atomic E-state index is 2.32. The number of rotatable bonds is 5. The van der Waals surface area contributed by atoms with Crippen molar-refractivity contribution in [2.24, 2.45) is 7.05 Å². The largest absolute Gasteiger partial charge is 0.310 e. The molecule has 6 rings (SSSR count). The summed E-state index contributed by atoms with van der Waals surface area (Å²) in [5, 5.41) is 0. The Morgan fingerprint density at radius 2 is 1.32 bits per heavy atom. The van der Waals surface area contributed by atoms with E-state index in [1.54, 1.807) is 0 Å². The molecule has 5 aromatic rings. The molecule has 1 aromatic heterocycles. The molecule has 1 aliphatic heterocycles. The molecule has 0 radical (unpaired) electrons. The van der Waals surface area contributed by atoms with Crippen molar-refractivity contribution in [1.82, 2.24) is 4.57 Å². The zero-order chi connectivity index (χ0) is 26.3. The van der Waals surface area contributed by atoms with E-state index < -0.39 is 0 Å². The molecule has 0 spiro atoms.